The van der Waals surface area contributed by atoms with Crippen molar-refractivity contribution in [3.63, 3.8) is 0 Å². The molecule has 0 saturated carbocycles. The van der Waals surface area contributed by atoms with Crippen molar-refractivity contribution in [3.05, 3.63) is 35.9 Å². The number of carboxylic acid groups (broad SMARTS) is 1. The SMILES string of the molecule is CN(CCS(C)(=O)=O)c1nc2ccccc2cc1C(=O)O. The Bertz CT molecular complexity index is 787. The highest BCUT2D eigenvalue weighted by Crippen LogP contribution is 2.23. The monoisotopic (exact) mass is 308 g/mol. The van der Waals surface area contributed by atoms with Crippen LogP contribution in [0.4, 0.5) is 5.82 Å². The van der Waals surface area contributed by atoms with Gasteiger partial charge in [0, 0.05) is 25.2 Å². The average Bonchev–Trinajstić information content (AvgIpc) is 2.42. The summed E-state index contributed by atoms with van der Waals surface area (Å²) in [6, 6.07) is 8.75. The minimum Gasteiger partial charge on any atom is -0.478 e. The van der Waals surface area contributed by atoms with E-state index in [4.69, 9.17) is 0 Å². The van der Waals surface area contributed by atoms with E-state index in [9.17, 15) is 18.3 Å². The van der Waals surface area contributed by atoms with Gasteiger partial charge in [-0.05, 0) is 12.1 Å². The normalized spacial score (nSPS) is 11.5. The van der Waals surface area contributed by atoms with Crippen molar-refractivity contribution in [3.8, 4) is 0 Å². The Morgan fingerprint density at radius 3 is 2.62 bits per heavy atom. The van der Waals surface area contributed by atoms with E-state index in [0.29, 0.717) is 5.52 Å². The maximum absolute atomic E-state index is 11.4. The second kappa shape index (κ2) is 5.69. The lowest BCUT2D eigenvalue weighted by molar-refractivity contribution is 0.0697. The zero-order valence-corrected chi connectivity index (χ0v) is 12.6. The number of carbonyl (C=O) groups is 1. The average molecular weight is 308 g/mol. The molecule has 0 radical (unpaired) electrons. The van der Waals surface area contributed by atoms with Crippen LogP contribution in [0.2, 0.25) is 0 Å². The number of aromatic nitrogens is 1. The molecule has 2 aromatic rings. The van der Waals surface area contributed by atoms with Crippen LogP contribution in [0.3, 0.4) is 0 Å². The third-order valence-corrected chi connectivity index (χ3v) is 4.02. The van der Waals surface area contributed by atoms with E-state index >= 15 is 0 Å². The molecule has 0 aliphatic heterocycles. The molecule has 1 heterocycles. The fourth-order valence-corrected chi connectivity index (χ4v) is 2.57. The number of pyridine rings is 1. The minimum atomic E-state index is -3.12. The second-order valence-corrected chi connectivity index (χ2v) is 7.17. The molecule has 0 aliphatic carbocycles. The van der Waals surface area contributed by atoms with Crippen molar-refractivity contribution in [2.75, 3.05) is 30.5 Å². The smallest absolute Gasteiger partial charge is 0.339 e. The molecule has 1 aromatic carbocycles. The number of fused-ring (bicyclic) bond motifs is 1. The molecule has 0 amide bonds. The van der Waals surface area contributed by atoms with E-state index in [1.54, 1.807) is 30.1 Å². The first-order valence-corrected chi connectivity index (χ1v) is 8.36. The van der Waals surface area contributed by atoms with E-state index in [1.165, 1.54) is 0 Å². The van der Waals surface area contributed by atoms with Crippen LogP contribution in [0.5, 0.6) is 0 Å². The summed E-state index contributed by atoms with van der Waals surface area (Å²) < 4.78 is 22.5. The summed E-state index contributed by atoms with van der Waals surface area (Å²) in [6.45, 7) is 0.185. The predicted octanol–water partition coefficient (Wildman–Crippen LogP) is 1.41. The Labute approximate surface area is 122 Å². The van der Waals surface area contributed by atoms with Gasteiger partial charge in [-0.1, -0.05) is 18.2 Å². The Morgan fingerprint density at radius 1 is 1.33 bits per heavy atom. The topological polar surface area (TPSA) is 87.6 Å². The lowest BCUT2D eigenvalue weighted by Crippen LogP contribution is -2.27. The molecule has 6 nitrogen and oxygen atoms in total. The molecular formula is C14H16N2O4S. The summed E-state index contributed by atoms with van der Waals surface area (Å²) >= 11 is 0. The van der Waals surface area contributed by atoms with Gasteiger partial charge < -0.3 is 10.0 Å². The van der Waals surface area contributed by atoms with Crippen molar-refractivity contribution < 1.29 is 18.3 Å². The highest BCUT2D eigenvalue weighted by molar-refractivity contribution is 7.90. The first-order valence-electron chi connectivity index (χ1n) is 6.30. The van der Waals surface area contributed by atoms with Crippen LogP contribution >= 0.6 is 0 Å². The molecule has 0 spiro atoms. The van der Waals surface area contributed by atoms with Crippen LogP contribution in [-0.2, 0) is 9.84 Å². The number of aromatic carboxylic acids is 1. The van der Waals surface area contributed by atoms with Crippen molar-refractivity contribution in [2.24, 2.45) is 0 Å². The first kappa shape index (κ1) is 15.2. The van der Waals surface area contributed by atoms with E-state index in [1.807, 2.05) is 12.1 Å². The highest BCUT2D eigenvalue weighted by Gasteiger charge is 2.17. The number of benzene rings is 1. The fraction of sp³-hybridized carbons (Fsp3) is 0.286. The van der Waals surface area contributed by atoms with Crippen LogP contribution in [0.25, 0.3) is 10.9 Å². The van der Waals surface area contributed by atoms with Crippen LogP contribution in [-0.4, -0.2) is 50.1 Å². The molecule has 1 N–H and O–H groups in total. The predicted molar refractivity (Wildman–Crippen MR) is 81.7 cm³/mol. The summed E-state index contributed by atoms with van der Waals surface area (Å²) in [7, 11) is -1.49. The van der Waals surface area contributed by atoms with Gasteiger partial charge in [0.1, 0.15) is 21.2 Å². The van der Waals surface area contributed by atoms with Gasteiger partial charge in [0.15, 0.2) is 0 Å². The lowest BCUT2D eigenvalue weighted by Gasteiger charge is -2.20. The summed E-state index contributed by atoms with van der Waals surface area (Å²) in [4.78, 5) is 17.3. The number of hydrogen-bond acceptors (Lipinski definition) is 5. The van der Waals surface area contributed by atoms with Crippen molar-refractivity contribution >= 4 is 32.5 Å². The number of rotatable bonds is 5. The number of sulfone groups is 1. The molecule has 21 heavy (non-hydrogen) atoms. The molecule has 1 aromatic heterocycles. The number of para-hydroxylation sites is 1. The second-order valence-electron chi connectivity index (χ2n) is 4.91. The minimum absolute atomic E-state index is 0.0585. The van der Waals surface area contributed by atoms with Crippen molar-refractivity contribution in [1.29, 1.82) is 0 Å². The summed E-state index contributed by atoms with van der Waals surface area (Å²) in [6.07, 6.45) is 1.15. The van der Waals surface area contributed by atoms with Crippen LogP contribution in [0.15, 0.2) is 30.3 Å². The quantitative estimate of drug-likeness (QED) is 0.898. The summed E-state index contributed by atoms with van der Waals surface area (Å²) in [5.74, 6) is -0.879. The fourth-order valence-electron chi connectivity index (χ4n) is 1.96. The van der Waals surface area contributed by atoms with Crippen LogP contribution in [0.1, 0.15) is 10.4 Å². The maximum atomic E-state index is 11.4. The molecule has 0 unspecified atom stereocenters. The number of carboxylic acids is 1. The molecule has 7 heteroatoms. The van der Waals surface area contributed by atoms with Gasteiger partial charge in [-0.15, -0.1) is 0 Å². The number of nitrogens with zero attached hydrogens (tertiary/aromatic N) is 2. The van der Waals surface area contributed by atoms with Crippen LogP contribution < -0.4 is 4.90 Å². The summed E-state index contributed by atoms with van der Waals surface area (Å²) in [5.41, 5.74) is 0.730. The zero-order valence-electron chi connectivity index (χ0n) is 11.8. The Balaban J connectivity index is 2.45. The Morgan fingerprint density at radius 2 is 2.00 bits per heavy atom. The summed E-state index contributed by atoms with van der Waals surface area (Å²) in [5, 5.41) is 10.0. The van der Waals surface area contributed by atoms with Gasteiger partial charge in [-0.25, -0.2) is 18.2 Å². The molecule has 0 bridgehead atoms. The zero-order chi connectivity index (χ0) is 15.6. The first-order chi connectivity index (χ1) is 9.78. The van der Waals surface area contributed by atoms with Gasteiger partial charge in [-0.2, -0.15) is 0 Å². The largest absolute Gasteiger partial charge is 0.478 e. The van der Waals surface area contributed by atoms with Gasteiger partial charge in [-0.3, -0.25) is 0 Å². The van der Waals surface area contributed by atoms with Gasteiger partial charge in [0.25, 0.3) is 0 Å². The molecule has 0 atom stereocenters. The third-order valence-electron chi connectivity index (χ3n) is 3.09. The molecule has 2 rings (SSSR count). The number of hydrogen-bond donors (Lipinski definition) is 1. The van der Waals surface area contributed by atoms with Gasteiger partial charge >= 0.3 is 5.97 Å². The molecule has 0 aliphatic rings. The Hall–Kier alpha value is -2.15. The van der Waals surface area contributed by atoms with Gasteiger partial charge in [0.05, 0.1) is 11.3 Å². The van der Waals surface area contributed by atoms with E-state index < -0.39 is 15.8 Å². The lowest BCUT2D eigenvalue weighted by atomic mass is 10.1. The van der Waals surface area contributed by atoms with Gasteiger partial charge in [0.2, 0.25) is 0 Å². The van der Waals surface area contributed by atoms with Crippen molar-refractivity contribution in [2.45, 2.75) is 0 Å². The van der Waals surface area contributed by atoms with E-state index in [-0.39, 0.29) is 23.7 Å². The third kappa shape index (κ3) is 3.69. The number of anilines is 1. The molecule has 0 saturated heterocycles. The van der Waals surface area contributed by atoms with E-state index in [0.717, 1.165) is 11.6 Å². The van der Waals surface area contributed by atoms with E-state index in [2.05, 4.69) is 4.98 Å². The van der Waals surface area contributed by atoms with Crippen molar-refractivity contribution in [1.82, 2.24) is 4.98 Å². The standard InChI is InChI=1S/C14H16N2O4S/c1-16(7-8-21(2,19)20)13-11(14(17)18)9-10-5-3-4-6-12(10)15-13/h3-6,9H,7-8H2,1-2H3,(H,17,18). The molecular weight excluding hydrogens is 292 g/mol. The Kier molecular flexibility index (Phi) is 4.13. The molecule has 112 valence electrons. The molecule has 0 fully saturated rings. The van der Waals surface area contributed by atoms with Crippen LogP contribution in [0, 0.1) is 0 Å². The maximum Gasteiger partial charge on any atom is 0.339 e. The highest BCUT2D eigenvalue weighted by atomic mass is 32.2.